The fourth-order valence-corrected chi connectivity index (χ4v) is 2.31. The van der Waals surface area contributed by atoms with Crippen molar-refractivity contribution in [2.75, 3.05) is 26.3 Å². The zero-order chi connectivity index (χ0) is 11.4. The maximum atomic E-state index is 13.2. The molecule has 3 heteroatoms. The Labute approximate surface area is 96.0 Å². The molecule has 1 aliphatic rings. The van der Waals surface area contributed by atoms with Gasteiger partial charge in [0.25, 0.3) is 0 Å². The van der Waals surface area contributed by atoms with Gasteiger partial charge in [-0.1, -0.05) is 19.1 Å². The molecule has 2 rings (SSSR count). The highest BCUT2D eigenvalue weighted by molar-refractivity contribution is 5.20. The summed E-state index contributed by atoms with van der Waals surface area (Å²) in [4.78, 5) is 2.37. The van der Waals surface area contributed by atoms with Crippen LogP contribution in [0, 0.1) is 5.82 Å². The van der Waals surface area contributed by atoms with E-state index in [2.05, 4.69) is 11.8 Å². The first-order valence-electron chi connectivity index (χ1n) is 5.88. The lowest BCUT2D eigenvalue weighted by molar-refractivity contribution is 0.0152. The van der Waals surface area contributed by atoms with E-state index in [9.17, 15) is 4.39 Å². The first-order valence-corrected chi connectivity index (χ1v) is 5.88. The van der Waals surface area contributed by atoms with E-state index >= 15 is 0 Å². The van der Waals surface area contributed by atoms with Gasteiger partial charge in [-0.05, 0) is 24.1 Å². The van der Waals surface area contributed by atoms with E-state index < -0.39 is 0 Å². The van der Waals surface area contributed by atoms with E-state index in [1.54, 1.807) is 12.1 Å². The molecule has 88 valence electrons. The number of hydrogen-bond acceptors (Lipinski definition) is 2. The first kappa shape index (κ1) is 11.6. The Balaban J connectivity index is 2.14. The summed E-state index contributed by atoms with van der Waals surface area (Å²) in [6, 6.07) is 7.25. The van der Waals surface area contributed by atoms with Gasteiger partial charge in [-0.3, -0.25) is 4.90 Å². The van der Waals surface area contributed by atoms with Gasteiger partial charge in [0, 0.05) is 19.1 Å². The number of morpholine rings is 1. The van der Waals surface area contributed by atoms with Gasteiger partial charge in [-0.25, -0.2) is 4.39 Å². The van der Waals surface area contributed by atoms with Gasteiger partial charge in [0.2, 0.25) is 0 Å². The molecular weight excluding hydrogens is 205 g/mol. The maximum Gasteiger partial charge on any atom is 0.123 e. The molecule has 1 fully saturated rings. The predicted molar refractivity (Wildman–Crippen MR) is 61.8 cm³/mol. The molecule has 16 heavy (non-hydrogen) atoms. The van der Waals surface area contributed by atoms with Crippen molar-refractivity contribution >= 4 is 0 Å². The van der Waals surface area contributed by atoms with Crippen LogP contribution in [0.1, 0.15) is 24.9 Å². The number of hydrogen-bond donors (Lipinski definition) is 0. The van der Waals surface area contributed by atoms with E-state index in [1.807, 2.05) is 6.07 Å². The van der Waals surface area contributed by atoms with Crippen LogP contribution in [0.2, 0.25) is 0 Å². The van der Waals surface area contributed by atoms with Gasteiger partial charge in [0.15, 0.2) is 0 Å². The summed E-state index contributed by atoms with van der Waals surface area (Å²) in [7, 11) is 0. The first-order chi connectivity index (χ1) is 7.81. The molecule has 1 atom stereocenters. The molecule has 0 aromatic heterocycles. The Morgan fingerprint density at radius 2 is 2.12 bits per heavy atom. The Morgan fingerprint density at radius 3 is 2.75 bits per heavy atom. The van der Waals surface area contributed by atoms with Gasteiger partial charge in [-0.15, -0.1) is 0 Å². The number of nitrogens with zero attached hydrogens (tertiary/aromatic N) is 1. The molecule has 1 unspecified atom stereocenters. The predicted octanol–water partition coefficient (Wildman–Crippen LogP) is 2.61. The third-order valence-electron chi connectivity index (χ3n) is 3.11. The van der Waals surface area contributed by atoms with Crippen LogP contribution in [-0.4, -0.2) is 31.2 Å². The maximum absolute atomic E-state index is 13.2. The van der Waals surface area contributed by atoms with E-state index in [4.69, 9.17) is 4.74 Å². The normalized spacial score (nSPS) is 19.6. The van der Waals surface area contributed by atoms with Gasteiger partial charge in [-0.2, -0.15) is 0 Å². The largest absolute Gasteiger partial charge is 0.379 e. The number of halogens is 1. The Bertz CT molecular complexity index is 336. The SMILES string of the molecule is CCC(c1cccc(F)c1)N1CCOCC1. The van der Waals surface area contributed by atoms with Crippen molar-refractivity contribution in [2.24, 2.45) is 0 Å². The number of benzene rings is 1. The molecule has 2 nitrogen and oxygen atoms in total. The van der Waals surface area contributed by atoms with Crippen LogP contribution in [0.15, 0.2) is 24.3 Å². The fourth-order valence-electron chi connectivity index (χ4n) is 2.31. The quantitative estimate of drug-likeness (QED) is 0.781. The second kappa shape index (κ2) is 5.41. The highest BCUT2D eigenvalue weighted by Gasteiger charge is 2.20. The van der Waals surface area contributed by atoms with Crippen molar-refractivity contribution < 1.29 is 9.13 Å². The van der Waals surface area contributed by atoms with Gasteiger partial charge >= 0.3 is 0 Å². The standard InChI is InChI=1S/C13H18FNO/c1-2-13(15-6-8-16-9-7-15)11-4-3-5-12(14)10-11/h3-5,10,13H,2,6-9H2,1H3. The lowest BCUT2D eigenvalue weighted by atomic mass is 10.0. The van der Waals surface area contributed by atoms with Crippen LogP contribution in [-0.2, 0) is 4.74 Å². The van der Waals surface area contributed by atoms with Crippen molar-refractivity contribution in [3.63, 3.8) is 0 Å². The van der Waals surface area contributed by atoms with Crippen molar-refractivity contribution in [3.8, 4) is 0 Å². The van der Waals surface area contributed by atoms with Crippen molar-refractivity contribution in [2.45, 2.75) is 19.4 Å². The second-order valence-corrected chi connectivity index (χ2v) is 4.13. The fraction of sp³-hybridized carbons (Fsp3) is 0.538. The van der Waals surface area contributed by atoms with Gasteiger partial charge in [0.05, 0.1) is 13.2 Å². The molecule has 0 spiro atoms. The van der Waals surface area contributed by atoms with Crippen molar-refractivity contribution in [1.29, 1.82) is 0 Å². The third-order valence-corrected chi connectivity index (χ3v) is 3.11. The molecule has 1 heterocycles. The van der Waals surface area contributed by atoms with Gasteiger partial charge in [0.1, 0.15) is 5.82 Å². The van der Waals surface area contributed by atoms with Gasteiger partial charge < -0.3 is 4.74 Å². The molecule has 0 aliphatic carbocycles. The number of ether oxygens (including phenoxy) is 1. The average molecular weight is 223 g/mol. The van der Waals surface area contributed by atoms with E-state index in [0.29, 0.717) is 6.04 Å². The molecule has 0 bridgehead atoms. The molecule has 1 aromatic rings. The van der Waals surface area contributed by atoms with Crippen LogP contribution >= 0.6 is 0 Å². The van der Waals surface area contributed by atoms with Crippen LogP contribution < -0.4 is 0 Å². The van der Waals surface area contributed by atoms with E-state index in [0.717, 1.165) is 38.3 Å². The van der Waals surface area contributed by atoms with E-state index in [1.165, 1.54) is 6.07 Å². The topological polar surface area (TPSA) is 12.5 Å². The molecule has 1 saturated heterocycles. The second-order valence-electron chi connectivity index (χ2n) is 4.13. The van der Waals surface area contributed by atoms with Crippen molar-refractivity contribution in [1.82, 2.24) is 4.90 Å². The molecule has 1 aromatic carbocycles. The van der Waals surface area contributed by atoms with Crippen molar-refractivity contribution in [3.05, 3.63) is 35.6 Å². The molecule has 0 radical (unpaired) electrons. The average Bonchev–Trinajstić information content (AvgIpc) is 2.31. The summed E-state index contributed by atoms with van der Waals surface area (Å²) in [5, 5.41) is 0. The van der Waals surface area contributed by atoms with Crippen LogP contribution in [0.5, 0.6) is 0 Å². The monoisotopic (exact) mass is 223 g/mol. The summed E-state index contributed by atoms with van der Waals surface area (Å²) in [5.74, 6) is -0.149. The third kappa shape index (κ3) is 2.60. The zero-order valence-corrected chi connectivity index (χ0v) is 9.66. The van der Waals surface area contributed by atoms with Crippen LogP contribution in [0.3, 0.4) is 0 Å². The minimum atomic E-state index is -0.149. The van der Waals surface area contributed by atoms with Crippen LogP contribution in [0.25, 0.3) is 0 Å². The Hall–Kier alpha value is -0.930. The molecule has 0 saturated carbocycles. The zero-order valence-electron chi connectivity index (χ0n) is 9.66. The number of rotatable bonds is 3. The molecular formula is C13H18FNO. The Morgan fingerprint density at radius 1 is 1.38 bits per heavy atom. The van der Waals surface area contributed by atoms with E-state index in [-0.39, 0.29) is 5.82 Å². The highest BCUT2D eigenvalue weighted by atomic mass is 19.1. The minimum Gasteiger partial charge on any atom is -0.379 e. The summed E-state index contributed by atoms with van der Waals surface area (Å²) in [6.45, 7) is 5.59. The summed E-state index contributed by atoms with van der Waals surface area (Å²) < 4.78 is 18.5. The summed E-state index contributed by atoms with van der Waals surface area (Å²) in [5.41, 5.74) is 1.07. The lowest BCUT2D eigenvalue weighted by Gasteiger charge is -2.34. The highest BCUT2D eigenvalue weighted by Crippen LogP contribution is 2.25. The summed E-state index contributed by atoms with van der Waals surface area (Å²) in [6.07, 6.45) is 1.00. The smallest absolute Gasteiger partial charge is 0.123 e. The molecule has 0 N–H and O–H groups in total. The van der Waals surface area contributed by atoms with Crippen LogP contribution in [0.4, 0.5) is 4.39 Å². The summed E-state index contributed by atoms with van der Waals surface area (Å²) >= 11 is 0. The molecule has 0 amide bonds. The minimum absolute atomic E-state index is 0.149. The lowest BCUT2D eigenvalue weighted by Crippen LogP contribution is -2.38. The Kier molecular flexibility index (Phi) is 3.91. The molecule has 1 aliphatic heterocycles.